The van der Waals surface area contributed by atoms with Crippen molar-refractivity contribution >= 4 is 186 Å². The van der Waals surface area contributed by atoms with E-state index in [2.05, 4.69) is 28.1 Å². The number of anilines is 3. The average Bonchev–Trinajstić information content (AvgIpc) is 0.748. The van der Waals surface area contributed by atoms with Crippen LogP contribution in [0, 0.1) is 39.9 Å². The second-order valence-corrected chi connectivity index (χ2v) is 26.3. The molecule has 0 bridgehead atoms. The number of carbonyl (C=O) groups excluding carboxylic acids is 2. The number of carboxylic acids is 1. The third-order valence-corrected chi connectivity index (χ3v) is 17.4. The molecule has 9 rings (SSSR count). The van der Waals surface area contributed by atoms with E-state index in [1.54, 1.807) is 146 Å². The van der Waals surface area contributed by atoms with Gasteiger partial charge in [0.1, 0.15) is 19.6 Å². The molecule has 18 nitrogen and oxygen atoms in total. The average molecular weight is 1430 g/mol. The molecule has 0 atom stereocenters. The summed E-state index contributed by atoms with van der Waals surface area (Å²) >= 11 is 41.8. The minimum absolute atomic E-state index is 0.0592. The number of fused-ring (bicyclic) bond motifs is 6. The van der Waals surface area contributed by atoms with Crippen molar-refractivity contribution in [3.63, 3.8) is 0 Å². The van der Waals surface area contributed by atoms with Gasteiger partial charge < -0.3 is 43.0 Å². The van der Waals surface area contributed by atoms with Crippen molar-refractivity contribution in [3.05, 3.63) is 149 Å². The fourth-order valence-electron chi connectivity index (χ4n) is 10.4. The lowest BCUT2D eigenvalue weighted by Gasteiger charge is -2.24. The van der Waals surface area contributed by atoms with Crippen LogP contribution in [-0.2, 0) is 54.3 Å². The normalized spacial score (nSPS) is 11.2. The Bertz CT molecular complexity index is 4790. The molecule has 3 heterocycles. The van der Waals surface area contributed by atoms with E-state index in [1.807, 2.05) is 53.0 Å². The predicted molar refractivity (Wildman–Crippen MR) is 377 cm³/mol. The fourth-order valence-corrected chi connectivity index (χ4v) is 12.6. The third kappa shape index (κ3) is 15.2. The maximum absolute atomic E-state index is 13.4. The topological polar surface area (TPSA) is 237 Å². The molecule has 482 valence electrons. The van der Waals surface area contributed by atoms with Crippen LogP contribution >= 0.6 is 85.5 Å². The van der Waals surface area contributed by atoms with Gasteiger partial charge in [-0.2, -0.15) is 15.8 Å². The summed E-state index contributed by atoms with van der Waals surface area (Å²) in [5.74, 6) is -1.74. The number of aliphatic carboxylic acids is 1. The SMILES string of the molecule is CC(C)C#N.CCOC(=O)Cn1c2cc(Br)c(Cl)cc2c(=O)c2ccc(Cl)c(N(C)C)c21.CCOC(=O)Cn1c2cc(C(C)(C)C#N)c(Cl)cc2c(=O)c2ccc(Cl)c(N(C)C)c21.CN(C)c1c(Cl)ccc2c(=O)c3cc(Cl)c(C(C)(C)C#N)cc3n(CC(=O)O)c12. The second kappa shape index (κ2) is 29.9. The van der Waals surface area contributed by atoms with E-state index in [0.29, 0.717) is 118 Å². The van der Waals surface area contributed by atoms with Crippen molar-refractivity contribution in [1.29, 1.82) is 15.8 Å². The van der Waals surface area contributed by atoms with Crippen molar-refractivity contribution < 1.29 is 29.0 Å². The number of benzene rings is 6. The number of carbonyl (C=O) groups is 3. The largest absolute Gasteiger partial charge is 0.480 e. The number of pyridine rings is 3. The summed E-state index contributed by atoms with van der Waals surface area (Å²) in [6.45, 7) is 14.0. The molecule has 0 aliphatic carbocycles. The zero-order chi connectivity index (χ0) is 68.9. The van der Waals surface area contributed by atoms with Crippen LogP contribution in [0.25, 0.3) is 65.4 Å². The Labute approximate surface area is 569 Å². The molecule has 1 N–H and O–H groups in total. The Morgan fingerprint density at radius 1 is 0.511 bits per heavy atom. The Balaban J connectivity index is 0.000000211. The van der Waals surface area contributed by atoms with Gasteiger partial charge in [0, 0.05) is 95.0 Å². The molecule has 0 aliphatic rings. The number of hydrogen-bond acceptors (Lipinski definition) is 14. The highest BCUT2D eigenvalue weighted by atomic mass is 79.9. The fraction of sp³-hybridized carbons (Fsp3) is 0.328. The molecular formula is C67H66BrCl6N9O9. The smallest absolute Gasteiger partial charge is 0.325 e. The first-order valence-electron chi connectivity index (χ1n) is 28.4. The number of hydrogen-bond donors (Lipinski definition) is 1. The van der Waals surface area contributed by atoms with Gasteiger partial charge in [0.2, 0.25) is 0 Å². The molecule has 6 aromatic carbocycles. The first-order valence-corrected chi connectivity index (χ1v) is 31.5. The van der Waals surface area contributed by atoms with Gasteiger partial charge in [-0.15, -0.1) is 0 Å². The highest BCUT2D eigenvalue weighted by Crippen LogP contribution is 2.41. The predicted octanol–water partition coefficient (Wildman–Crippen LogP) is 15.3. The number of esters is 2. The van der Waals surface area contributed by atoms with Crippen LogP contribution in [0.3, 0.4) is 0 Å². The summed E-state index contributed by atoms with van der Waals surface area (Å²) in [4.78, 5) is 81.6. The molecule has 0 aliphatic heterocycles. The van der Waals surface area contributed by atoms with Gasteiger partial charge in [0.05, 0.1) is 113 Å². The molecule has 9 aromatic rings. The quantitative estimate of drug-likeness (QED) is 0.0834. The lowest BCUT2D eigenvalue weighted by atomic mass is 9.85. The van der Waals surface area contributed by atoms with E-state index in [9.17, 15) is 44.4 Å². The number of nitriles is 3. The van der Waals surface area contributed by atoms with Crippen LogP contribution in [0.2, 0.25) is 30.1 Å². The van der Waals surface area contributed by atoms with Gasteiger partial charge >= 0.3 is 17.9 Å². The molecule has 25 heteroatoms. The second-order valence-electron chi connectivity index (χ2n) is 23.0. The van der Waals surface area contributed by atoms with Crippen molar-refractivity contribution in [2.24, 2.45) is 5.92 Å². The maximum Gasteiger partial charge on any atom is 0.325 e. The molecule has 0 saturated carbocycles. The van der Waals surface area contributed by atoms with E-state index < -0.39 is 28.7 Å². The third-order valence-electron chi connectivity index (χ3n) is 14.6. The molecular weight excluding hydrogens is 1370 g/mol. The molecule has 0 unspecified atom stereocenters. The summed E-state index contributed by atoms with van der Waals surface area (Å²) in [6.07, 6.45) is 0. The van der Waals surface area contributed by atoms with Crippen LogP contribution in [-0.4, -0.2) is 92.2 Å². The van der Waals surface area contributed by atoms with E-state index in [1.165, 1.54) is 6.07 Å². The van der Waals surface area contributed by atoms with Crippen molar-refractivity contribution in [3.8, 4) is 18.2 Å². The summed E-state index contributed by atoms with van der Waals surface area (Å²) in [5, 5.41) is 41.2. The van der Waals surface area contributed by atoms with Gasteiger partial charge in [-0.1, -0.05) is 69.6 Å². The Hall–Kier alpha value is -7.77. The highest BCUT2D eigenvalue weighted by Gasteiger charge is 2.29. The summed E-state index contributed by atoms with van der Waals surface area (Å²) < 4.78 is 16.0. The molecule has 0 radical (unpaired) electrons. The first-order chi connectivity index (χ1) is 43.0. The molecule has 92 heavy (non-hydrogen) atoms. The number of aromatic nitrogens is 3. The first kappa shape index (κ1) is 73.3. The molecule has 0 saturated heterocycles. The number of carboxylic acid groups (broad SMARTS) is 1. The van der Waals surface area contributed by atoms with Gasteiger partial charge in [-0.05, 0) is 155 Å². The van der Waals surface area contributed by atoms with Gasteiger partial charge in [-0.25, -0.2) is 0 Å². The van der Waals surface area contributed by atoms with E-state index in [-0.39, 0.29) is 65.5 Å². The van der Waals surface area contributed by atoms with Crippen molar-refractivity contribution in [2.75, 3.05) is 70.2 Å². The Morgan fingerprint density at radius 2 is 0.804 bits per heavy atom. The lowest BCUT2D eigenvalue weighted by molar-refractivity contribution is -0.144. The standard InChI is InChI=1S/C23H23Cl2N3O3.C21H19Cl2N3O3.C19H17BrCl2N2O3.C4H7N/c1-6-31-19(29)11-28-18-10-15(23(2,3)12-26)17(25)9-14(18)22(30)13-7-8-16(24)21(20(13)28)27(4)5;1-21(2,10-24)13-8-16-12(7-15(13)23)20(29)11-5-6-14(22)19(25(3)4)18(11)26(16)9-17(27)28;1-4-27-16(25)9-24-15-8-12(20)14(22)7-11(15)19(26)10-5-6-13(21)18(17(10)24)23(2)3;1-4(2)3-5/h7-10H,6,11H2,1-5H3;5-8H,9H2,1-4H3,(H,27,28);5-8H,4,9H2,1-3H3;4H,1-2H3. The minimum atomic E-state index is -1.07. The van der Waals surface area contributed by atoms with Crippen LogP contribution in [0.4, 0.5) is 17.1 Å². The number of rotatable bonds is 13. The van der Waals surface area contributed by atoms with E-state index in [4.69, 9.17) is 84.3 Å². The number of halogens is 7. The van der Waals surface area contributed by atoms with Gasteiger partial charge in [-0.3, -0.25) is 28.8 Å². The van der Waals surface area contributed by atoms with Gasteiger partial charge in [0.15, 0.2) is 16.3 Å². The highest BCUT2D eigenvalue weighted by molar-refractivity contribution is 9.10. The lowest BCUT2D eigenvalue weighted by Crippen LogP contribution is -2.22. The maximum atomic E-state index is 13.4. The van der Waals surface area contributed by atoms with Gasteiger partial charge in [0.25, 0.3) is 0 Å². The Morgan fingerprint density at radius 3 is 1.08 bits per heavy atom. The molecule has 0 amide bonds. The summed E-state index contributed by atoms with van der Waals surface area (Å²) in [7, 11) is 10.8. The number of nitrogens with zero attached hydrogens (tertiary/aromatic N) is 9. The zero-order valence-electron chi connectivity index (χ0n) is 52.9. The summed E-state index contributed by atoms with van der Waals surface area (Å²) in [5.41, 5.74) is 3.34. The summed E-state index contributed by atoms with van der Waals surface area (Å²) in [6, 6.07) is 26.1. The minimum Gasteiger partial charge on any atom is -0.480 e. The Kier molecular flexibility index (Phi) is 23.8. The zero-order valence-corrected chi connectivity index (χ0v) is 59.0. The van der Waals surface area contributed by atoms with E-state index in [0.717, 1.165) is 0 Å². The van der Waals surface area contributed by atoms with E-state index >= 15 is 0 Å². The van der Waals surface area contributed by atoms with Crippen LogP contribution in [0.5, 0.6) is 0 Å². The number of ether oxygens (including phenoxy) is 2. The van der Waals surface area contributed by atoms with Crippen LogP contribution in [0.1, 0.15) is 66.5 Å². The van der Waals surface area contributed by atoms with Crippen LogP contribution < -0.4 is 31.0 Å². The van der Waals surface area contributed by atoms with Crippen molar-refractivity contribution in [2.45, 2.75) is 85.9 Å². The van der Waals surface area contributed by atoms with Crippen LogP contribution in [0.15, 0.2) is 91.7 Å². The molecule has 3 aromatic heterocycles. The monoisotopic (exact) mass is 1430 g/mol. The molecule has 0 spiro atoms. The molecule has 0 fully saturated rings. The van der Waals surface area contributed by atoms with Crippen molar-refractivity contribution in [1.82, 2.24) is 13.7 Å².